The SMILES string of the molecule is CC(C)OC(=O)C(CCCOS(=O)(=O)c1ccccc1[N+](=O)[O-])OS(=O)(=O)c1ccccc1[N+](=O)[O-]. The van der Waals surface area contributed by atoms with E-state index in [2.05, 4.69) is 0 Å². The van der Waals surface area contributed by atoms with Gasteiger partial charge in [-0.1, -0.05) is 24.3 Å². The van der Waals surface area contributed by atoms with E-state index in [9.17, 15) is 41.9 Å². The van der Waals surface area contributed by atoms with Crippen LogP contribution in [0.3, 0.4) is 0 Å². The van der Waals surface area contributed by atoms with Crippen molar-refractivity contribution in [2.75, 3.05) is 6.61 Å². The van der Waals surface area contributed by atoms with Crippen LogP contribution in [0.25, 0.3) is 0 Å². The van der Waals surface area contributed by atoms with Crippen molar-refractivity contribution in [3.8, 4) is 0 Å². The van der Waals surface area contributed by atoms with E-state index >= 15 is 0 Å². The molecule has 0 aliphatic heterocycles. The number of carbonyl (C=O) groups is 1. The minimum absolute atomic E-state index is 0.260. The lowest BCUT2D eigenvalue weighted by Crippen LogP contribution is -2.31. The first-order valence-corrected chi connectivity index (χ1v) is 13.1. The maximum atomic E-state index is 12.7. The molecule has 0 bridgehead atoms. The number of hydrogen-bond donors (Lipinski definition) is 0. The highest BCUT2D eigenvalue weighted by atomic mass is 32.2. The van der Waals surface area contributed by atoms with E-state index in [1.165, 1.54) is 38.1 Å². The summed E-state index contributed by atoms with van der Waals surface area (Å²) in [7, 11) is -9.37. The van der Waals surface area contributed by atoms with E-state index in [1.807, 2.05) is 0 Å². The molecule has 2 rings (SSSR count). The number of rotatable bonds is 13. The molecule has 1 atom stereocenters. The molecule has 14 nitrogen and oxygen atoms in total. The van der Waals surface area contributed by atoms with Crippen molar-refractivity contribution in [3.05, 3.63) is 68.8 Å². The molecule has 0 saturated heterocycles. The van der Waals surface area contributed by atoms with Crippen LogP contribution in [-0.4, -0.2) is 51.5 Å². The molecular formula is C20H22N2O12S2. The summed E-state index contributed by atoms with van der Waals surface area (Å²) in [6.07, 6.45) is -3.12. The third-order valence-corrected chi connectivity index (χ3v) is 7.10. The lowest BCUT2D eigenvalue weighted by atomic mass is 10.2. The largest absolute Gasteiger partial charge is 0.461 e. The Labute approximate surface area is 206 Å². The van der Waals surface area contributed by atoms with Crippen LogP contribution in [0.2, 0.25) is 0 Å². The summed E-state index contributed by atoms with van der Waals surface area (Å²) in [5.74, 6) is -1.10. The van der Waals surface area contributed by atoms with Crippen LogP contribution in [0.15, 0.2) is 58.3 Å². The molecule has 0 aliphatic rings. The molecule has 36 heavy (non-hydrogen) atoms. The standard InChI is InChI=1S/C20H22N2O12S2/c1-14(2)33-20(23)17(34-36(30,31)19-12-6-4-9-16(19)22(26)27)10-7-13-32-35(28,29)18-11-5-3-8-15(18)21(24)25/h3-6,8-9,11-12,14,17H,7,10,13H2,1-2H3. The zero-order valence-corrected chi connectivity index (χ0v) is 20.6. The molecule has 0 aliphatic carbocycles. The van der Waals surface area contributed by atoms with E-state index in [0.717, 1.165) is 24.3 Å². The molecule has 196 valence electrons. The van der Waals surface area contributed by atoms with Gasteiger partial charge in [0.2, 0.25) is 0 Å². The van der Waals surface area contributed by atoms with Crippen molar-refractivity contribution in [2.45, 2.75) is 48.7 Å². The lowest BCUT2D eigenvalue weighted by molar-refractivity contribution is -0.388. The molecule has 0 heterocycles. The van der Waals surface area contributed by atoms with E-state index in [0.29, 0.717) is 0 Å². The van der Waals surface area contributed by atoms with Crippen LogP contribution in [0, 0.1) is 20.2 Å². The molecule has 0 N–H and O–H groups in total. The molecule has 2 aromatic rings. The molecule has 16 heteroatoms. The van der Waals surface area contributed by atoms with Crippen LogP contribution in [0.5, 0.6) is 0 Å². The van der Waals surface area contributed by atoms with Gasteiger partial charge in [-0.3, -0.25) is 28.6 Å². The molecule has 0 radical (unpaired) electrons. The molecule has 0 saturated carbocycles. The van der Waals surface area contributed by atoms with Crippen LogP contribution in [0.1, 0.15) is 26.7 Å². The maximum Gasteiger partial charge on any atom is 0.337 e. The second-order valence-electron chi connectivity index (χ2n) is 7.39. The molecule has 0 fully saturated rings. The Bertz CT molecular complexity index is 1340. The molecule has 0 spiro atoms. The van der Waals surface area contributed by atoms with Gasteiger partial charge in [-0.2, -0.15) is 16.8 Å². The highest BCUT2D eigenvalue weighted by molar-refractivity contribution is 7.87. The second-order valence-corrected chi connectivity index (χ2v) is 10.5. The van der Waals surface area contributed by atoms with Crippen molar-refractivity contribution in [1.29, 1.82) is 0 Å². The van der Waals surface area contributed by atoms with Gasteiger partial charge in [0.05, 0.1) is 22.6 Å². The van der Waals surface area contributed by atoms with Crippen LogP contribution in [0.4, 0.5) is 11.4 Å². The fourth-order valence-electron chi connectivity index (χ4n) is 2.86. The summed E-state index contributed by atoms with van der Waals surface area (Å²) in [6, 6.07) is 8.86. The van der Waals surface area contributed by atoms with Crippen molar-refractivity contribution in [1.82, 2.24) is 0 Å². The number of esters is 1. The van der Waals surface area contributed by atoms with Crippen LogP contribution in [-0.2, 0) is 38.1 Å². The smallest absolute Gasteiger partial charge is 0.337 e. The molecule has 0 aromatic heterocycles. The Hall–Kier alpha value is -3.47. The quantitative estimate of drug-likeness (QED) is 0.117. The first-order valence-electron chi connectivity index (χ1n) is 10.3. The number of nitro groups is 2. The third-order valence-electron chi connectivity index (χ3n) is 4.37. The maximum absolute atomic E-state index is 12.7. The van der Waals surface area contributed by atoms with Gasteiger partial charge in [0.25, 0.3) is 11.4 Å². The normalized spacial score (nSPS) is 12.8. The number of nitrogens with zero attached hydrogens (tertiary/aromatic N) is 2. The first-order chi connectivity index (χ1) is 16.8. The van der Waals surface area contributed by atoms with Crippen molar-refractivity contribution >= 4 is 37.6 Å². The first kappa shape index (κ1) is 28.8. The molecule has 2 aromatic carbocycles. The van der Waals surface area contributed by atoms with E-state index < -0.39 is 82.5 Å². The van der Waals surface area contributed by atoms with E-state index in [4.69, 9.17) is 13.1 Å². The molecule has 0 amide bonds. The summed E-state index contributed by atoms with van der Waals surface area (Å²) < 4.78 is 64.9. The van der Waals surface area contributed by atoms with Gasteiger partial charge in [0.1, 0.15) is 0 Å². The van der Waals surface area contributed by atoms with Crippen molar-refractivity contribution in [2.24, 2.45) is 0 Å². The number of para-hydroxylation sites is 2. The molecule has 1 unspecified atom stereocenters. The number of nitro benzene ring substituents is 2. The van der Waals surface area contributed by atoms with Crippen LogP contribution < -0.4 is 0 Å². The Balaban J connectivity index is 2.18. The average Bonchev–Trinajstić information content (AvgIpc) is 2.80. The Morgan fingerprint density at radius 3 is 1.81 bits per heavy atom. The Kier molecular flexibility index (Phi) is 9.57. The minimum atomic E-state index is -4.82. The number of benzene rings is 2. The average molecular weight is 547 g/mol. The zero-order valence-electron chi connectivity index (χ0n) is 19.0. The second kappa shape index (κ2) is 12.0. The predicted molar refractivity (Wildman–Crippen MR) is 122 cm³/mol. The van der Waals surface area contributed by atoms with Gasteiger partial charge >= 0.3 is 26.2 Å². The topological polar surface area (TPSA) is 199 Å². The van der Waals surface area contributed by atoms with Gasteiger partial charge in [-0.25, -0.2) is 4.79 Å². The third kappa shape index (κ3) is 7.51. The monoisotopic (exact) mass is 546 g/mol. The van der Waals surface area contributed by atoms with E-state index in [-0.39, 0.29) is 6.42 Å². The number of ether oxygens (including phenoxy) is 1. The zero-order chi connectivity index (χ0) is 27.1. The minimum Gasteiger partial charge on any atom is -0.461 e. The lowest BCUT2D eigenvalue weighted by Gasteiger charge is -2.18. The fourth-order valence-corrected chi connectivity index (χ4v) is 5.19. The predicted octanol–water partition coefficient (Wildman–Crippen LogP) is 2.71. The summed E-state index contributed by atoms with van der Waals surface area (Å²) in [4.78, 5) is 31.4. The van der Waals surface area contributed by atoms with Gasteiger partial charge in [-0.05, 0) is 38.8 Å². The van der Waals surface area contributed by atoms with Crippen molar-refractivity contribution in [3.63, 3.8) is 0 Å². The van der Waals surface area contributed by atoms with Gasteiger partial charge < -0.3 is 4.74 Å². The highest BCUT2D eigenvalue weighted by Crippen LogP contribution is 2.27. The van der Waals surface area contributed by atoms with Gasteiger partial charge in [0, 0.05) is 12.1 Å². The van der Waals surface area contributed by atoms with Crippen molar-refractivity contribution < 1.29 is 44.6 Å². The number of carbonyl (C=O) groups excluding carboxylic acids is 1. The van der Waals surface area contributed by atoms with Crippen LogP contribution >= 0.6 is 0 Å². The highest BCUT2D eigenvalue weighted by Gasteiger charge is 2.33. The van der Waals surface area contributed by atoms with E-state index in [1.54, 1.807) is 0 Å². The summed E-state index contributed by atoms with van der Waals surface area (Å²) in [5.41, 5.74) is -1.47. The Morgan fingerprint density at radius 2 is 1.33 bits per heavy atom. The summed E-state index contributed by atoms with van der Waals surface area (Å²) in [6.45, 7) is 2.40. The number of hydrogen-bond acceptors (Lipinski definition) is 12. The summed E-state index contributed by atoms with van der Waals surface area (Å²) in [5, 5.41) is 22.3. The van der Waals surface area contributed by atoms with Gasteiger partial charge in [0.15, 0.2) is 15.9 Å². The van der Waals surface area contributed by atoms with Gasteiger partial charge in [-0.15, -0.1) is 0 Å². The Morgan fingerprint density at radius 1 is 0.861 bits per heavy atom. The fraction of sp³-hybridized carbons (Fsp3) is 0.350. The summed E-state index contributed by atoms with van der Waals surface area (Å²) >= 11 is 0. The molecular weight excluding hydrogens is 524 g/mol.